The van der Waals surface area contributed by atoms with Crippen LogP contribution in [0.5, 0.6) is 0 Å². The van der Waals surface area contributed by atoms with Gasteiger partial charge in [-0.25, -0.2) is 4.98 Å². The van der Waals surface area contributed by atoms with Gasteiger partial charge in [-0.2, -0.15) is 5.10 Å². The van der Waals surface area contributed by atoms with E-state index in [1.165, 1.54) is 0 Å². The molecule has 0 spiro atoms. The summed E-state index contributed by atoms with van der Waals surface area (Å²) in [4.78, 5) is 4.49. The molecule has 1 atom stereocenters. The van der Waals surface area contributed by atoms with Crippen molar-refractivity contribution in [3.63, 3.8) is 0 Å². The van der Waals surface area contributed by atoms with E-state index < -0.39 is 5.60 Å². The van der Waals surface area contributed by atoms with Gasteiger partial charge in [-0.1, -0.05) is 23.7 Å². The average Bonchev–Trinajstić information content (AvgIpc) is 2.46. The minimum atomic E-state index is -0.621. The van der Waals surface area contributed by atoms with E-state index in [-0.39, 0.29) is 6.04 Å². The number of aromatic nitrogens is 3. The van der Waals surface area contributed by atoms with Gasteiger partial charge in [0.1, 0.15) is 0 Å². The summed E-state index contributed by atoms with van der Waals surface area (Å²) < 4.78 is 0. The Morgan fingerprint density at radius 1 is 1.35 bits per heavy atom. The Morgan fingerprint density at radius 3 is 2.83 bits per heavy atom. The highest BCUT2D eigenvalue weighted by Gasteiger charge is 2.13. The molecule has 1 heterocycles. The molecule has 0 radical (unpaired) electrons. The first-order valence-electron chi connectivity index (χ1n) is 7.78. The lowest BCUT2D eigenvalue weighted by molar-refractivity contribution is 0.0680. The molecule has 6 heteroatoms. The molecule has 0 saturated heterocycles. The first-order valence-corrected chi connectivity index (χ1v) is 8.16. The van der Waals surface area contributed by atoms with Gasteiger partial charge in [-0.05, 0) is 52.2 Å². The number of nitrogens with zero attached hydrogens (tertiary/aromatic N) is 3. The van der Waals surface area contributed by atoms with Crippen molar-refractivity contribution < 1.29 is 5.11 Å². The number of aliphatic hydroxyl groups is 1. The number of halogens is 1. The molecule has 0 fully saturated rings. The molecule has 2 aromatic rings. The number of hydrogen-bond acceptors (Lipinski definition) is 5. The number of hydrogen-bond donors (Lipinski definition) is 2. The van der Waals surface area contributed by atoms with Crippen LogP contribution in [0.15, 0.2) is 30.5 Å². The first kappa shape index (κ1) is 17.6. The Hall–Kier alpha value is -1.72. The fourth-order valence-electron chi connectivity index (χ4n) is 2.29. The maximum Gasteiger partial charge on any atom is 0.243 e. The summed E-state index contributed by atoms with van der Waals surface area (Å²) in [6.07, 6.45) is 4.24. The van der Waals surface area contributed by atoms with Crippen LogP contribution >= 0.6 is 11.6 Å². The smallest absolute Gasteiger partial charge is 0.243 e. The summed E-state index contributed by atoms with van der Waals surface area (Å²) >= 11 is 6.01. The predicted molar refractivity (Wildman–Crippen MR) is 93.5 cm³/mol. The summed E-state index contributed by atoms with van der Waals surface area (Å²) in [6, 6.07) is 7.69. The molecular formula is C17H23ClN4O. The molecular weight excluding hydrogens is 312 g/mol. The maximum atomic E-state index is 9.74. The Kier molecular flexibility index (Phi) is 5.91. The summed E-state index contributed by atoms with van der Waals surface area (Å²) in [6.45, 7) is 5.72. The zero-order valence-electron chi connectivity index (χ0n) is 13.8. The molecule has 0 amide bonds. The number of nitrogens with one attached hydrogen (secondary N) is 1. The van der Waals surface area contributed by atoms with Crippen molar-refractivity contribution in [2.45, 2.75) is 51.7 Å². The van der Waals surface area contributed by atoms with E-state index in [1.54, 1.807) is 6.20 Å². The van der Waals surface area contributed by atoms with Gasteiger partial charge < -0.3 is 10.4 Å². The van der Waals surface area contributed by atoms with Crippen LogP contribution in [-0.4, -0.2) is 31.9 Å². The van der Waals surface area contributed by atoms with Gasteiger partial charge in [0.25, 0.3) is 0 Å². The molecule has 5 nitrogen and oxygen atoms in total. The molecule has 0 aliphatic carbocycles. The Bertz CT molecular complexity index is 642. The molecule has 1 aromatic carbocycles. The van der Waals surface area contributed by atoms with E-state index in [1.807, 2.05) is 38.1 Å². The molecule has 0 aliphatic rings. The lowest BCUT2D eigenvalue weighted by Gasteiger charge is -2.19. The largest absolute Gasteiger partial charge is 0.390 e. The average molecular weight is 335 g/mol. The molecule has 0 bridgehead atoms. The van der Waals surface area contributed by atoms with Crippen LogP contribution in [0, 0.1) is 0 Å². The Balaban J connectivity index is 1.97. The minimum Gasteiger partial charge on any atom is -0.390 e. The molecule has 1 aromatic heterocycles. The van der Waals surface area contributed by atoms with Gasteiger partial charge >= 0.3 is 0 Å². The molecule has 124 valence electrons. The molecule has 0 saturated carbocycles. The number of rotatable bonds is 7. The van der Waals surface area contributed by atoms with Crippen molar-refractivity contribution in [1.29, 1.82) is 0 Å². The zero-order chi connectivity index (χ0) is 16.9. The van der Waals surface area contributed by atoms with Crippen molar-refractivity contribution in [2.24, 2.45) is 0 Å². The van der Waals surface area contributed by atoms with Crippen LogP contribution in [-0.2, 0) is 0 Å². The Morgan fingerprint density at radius 2 is 2.13 bits per heavy atom. The van der Waals surface area contributed by atoms with Crippen LogP contribution in [0.4, 0.5) is 5.95 Å². The second-order valence-electron chi connectivity index (χ2n) is 6.43. The van der Waals surface area contributed by atoms with Gasteiger partial charge in [0.15, 0.2) is 0 Å². The van der Waals surface area contributed by atoms with Crippen LogP contribution < -0.4 is 5.32 Å². The lowest BCUT2D eigenvalue weighted by atomic mass is 10.00. The van der Waals surface area contributed by atoms with Crippen LogP contribution in [0.3, 0.4) is 0 Å². The summed E-state index contributed by atoms with van der Waals surface area (Å²) in [5.41, 5.74) is 1.02. The normalized spacial score (nSPS) is 12.9. The van der Waals surface area contributed by atoms with E-state index >= 15 is 0 Å². The van der Waals surface area contributed by atoms with Crippen LogP contribution in [0.1, 0.15) is 40.0 Å². The fourth-order valence-corrected chi connectivity index (χ4v) is 2.48. The highest BCUT2D eigenvalue weighted by Crippen LogP contribution is 2.21. The fraction of sp³-hybridized carbons (Fsp3) is 0.471. The van der Waals surface area contributed by atoms with Gasteiger partial charge in [0, 0.05) is 16.6 Å². The highest BCUT2D eigenvalue weighted by atomic mass is 35.5. The zero-order valence-corrected chi connectivity index (χ0v) is 14.5. The van der Waals surface area contributed by atoms with Crippen molar-refractivity contribution in [3.8, 4) is 11.3 Å². The van der Waals surface area contributed by atoms with Crippen molar-refractivity contribution in [3.05, 3.63) is 35.5 Å². The van der Waals surface area contributed by atoms with E-state index in [2.05, 4.69) is 27.4 Å². The minimum absolute atomic E-state index is 0.203. The first-order chi connectivity index (χ1) is 10.8. The van der Waals surface area contributed by atoms with Gasteiger partial charge in [0.05, 0.1) is 17.5 Å². The summed E-state index contributed by atoms with van der Waals surface area (Å²) in [5, 5.41) is 21.7. The van der Waals surface area contributed by atoms with E-state index in [4.69, 9.17) is 11.6 Å². The number of benzene rings is 1. The third-order valence-electron chi connectivity index (χ3n) is 3.48. The van der Waals surface area contributed by atoms with Crippen molar-refractivity contribution in [2.75, 3.05) is 5.32 Å². The monoisotopic (exact) mass is 334 g/mol. The van der Waals surface area contributed by atoms with Crippen molar-refractivity contribution in [1.82, 2.24) is 15.2 Å². The standard InChI is InChI=1S/C17H23ClN4O/c1-12(6-5-9-17(2,3)23)20-16-21-15(11-19-22-16)13-7-4-8-14(18)10-13/h4,7-8,10-12,23H,5-6,9H2,1-3H3,(H,20,21,22). The Labute approximate surface area is 142 Å². The highest BCUT2D eigenvalue weighted by molar-refractivity contribution is 6.30. The van der Waals surface area contributed by atoms with Crippen LogP contribution in [0.2, 0.25) is 5.02 Å². The third-order valence-corrected chi connectivity index (χ3v) is 3.72. The quantitative estimate of drug-likeness (QED) is 0.802. The van der Waals surface area contributed by atoms with Gasteiger partial charge in [-0.15, -0.1) is 5.10 Å². The third kappa shape index (κ3) is 6.12. The van der Waals surface area contributed by atoms with Crippen molar-refractivity contribution >= 4 is 17.5 Å². The molecule has 2 N–H and O–H groups in total. The predicted octanol–water partition coefficient (Wildman–Crippen LogP) is 3.93. The van der Waals surface area contributed by atoms with E-state index in [0.29, 0.717) is 11.0 Å². The van der Waals surface area contributed by atoms with Gasteiger partial charge in [0.2, 0.25) is 5.95 Å². The van der Waals surface area contributed by atoms with Gasteiger partial charge in [-0.3, -0.25) is 0 Å². The summed E-state index contributed by atoms with van der Waals surface area (Å²) in [7, 11) is 0. The molecule has 2 rings (SSSR count). The van der Waals surface area contributed by atoms with E-state index in [0.717, 1.165) is 30.5 Å². The number of anilines is 1. The lowest BCUT2D eigenvalue weighted by Crippen LogP contribution is -2.21. The van der Waals surface area contributed by atoms with Crippen LogP contribution in [0.25, 0.3) is 11.3 Å². The maximum absolute atomic E-state index is 9.74. The summed E-state index contributed by atoms with van der Waals surface area (Å²) in [5.74, 6) is 0.498. The topological polar surface area (TPSA) is 70.9 Å². The second-order valence-corrected chi connectivity index (χ2v) is 6.86. The SMILES string of the molecule is CC(CCCC(C)(C)O)Nc1nncc(-c2cccc(Cl)c2)n1. The molecule has 1 unspecified atom stereocenters. The second kappa shape index (κ2) is 7.70. The molecule has 23 heavy (non-hydrogen) atoms. The molecule has 0 aliphatic heterocycles. The van der Waals surface area contributed by atoms with E-state index in [9.17, 15) is 5.11 Å².